The molecule has 72 valence electrons. The number of benzene rings is 1. The van der Waals surface area contributed by atoms with Gasteiger partial charge in [0.05, 0.1) is 0 Å². The Labute approximate surface area is 79.2 Å². The van der Waals surface area contributed by atoms with Gasteiger partial charge in [-0.2, -0.15) is 0 Å². The standard InChI is InChI=1S/C11H16FN/c1-13(10-8-12)9-7-11-5-3-2-4-6-11/h2-6H,7-10H2,1H3. The van der Waals surface area contributed by atoms with Gasteiger partial charge in [-0.05, 0) is 19.0 Å². The highest BCUT2D eigenvalue weighted by Gasteiger charge is 1.97. The first-order valence-electron chi connectivity index (χ1n) is 4.61. The zero-order valence-corrected chi connectivity index (χ0v) is 8.04. The van der Waals surface area contributed by atoms with Gasteiger partial charge in [-0.25, -0.2) is 4.39 Å². The molecule has 2 heteroatoms. The second-order valence-electron chi connectivity index (χ2n) is 3.23. The Bertz CT molecular complexity index is 223. The summed E-state index contributed by atoms with van der Waals surface area (Å²) in [4.78, 5) is 2.01. The Morgan fingerprint density at radius 3 is 2.46 bits per heavy atom. The molecule has 0 fully saturated rings. The predicted octanol–water partition coefficient (Wildman–Crippen LogP) is 2.13. The van der Waals surface area contributed by atoms with Crippen LogP contribution in [0.1, 0.15) is 5.56 Å². The van der Waals surface area contributed by atoms with Crippen LogP contribution >= 0.6 is 0 Å². The van der Waals surface area contributed by atoms with E-state index < -0.39 is 0 Å². The van der Waals surface area contributed by atoms with Crippen LogP contribution in [0.25, 0.3) is 0 Å². The van der Waals surface area contributed by atoms with E-state index in [0.717, 1.165) is 13.0 Å². The van der Waals surface area contributed by atoms with E-state index in [1.54, 1.807) is 0 Å². The Kier molecular flexibility index (Phi) is 4.47. The van der Waals surface area contributed by atoms with Gasteiger partial charge in [-0.3, -0.25) is 0 Å². The van der Waals surface area contributed by atoms with Gasteiger partial charge in [0.2, 0.25) is 0 Å². The van der Waals surface area contributed by atoms with Crippen molar-refractivity contribution in [3.8, 4) is 0 Å². The van der Waals surface area contributed by atoms with Gasteiger partial charge < -0.3 is 4.90 Å². The van der Waals surface area contributed by atoms with Crippen LogP contribution in [0, 0.1) is 0 Å². The van der Waals surface area contributed by atoms with E-state index in [1.807, 2.05) is 30.1 Å². The summed E-state index contributed by atoms with van der Waals surface area (Å²) < 4.78 is 11.9. The normalized spacial score (nSPS) is 10.7. The van der Waals surface area contributed by atoms with Crippen molar-refractivity contribution in [3.63, 3.8) is 0 Å². The lowest BCUT2D eigenvalue weighted by Gasteiger charge is -2.13. The molecule has 0 radical (unpaired) electrons. The molecule has 0 N–H and O–H groups in total. The fraction of sp³-hybridized carbons (Fsp3) is 0.455. The highest BCUT2D eigenvalue weighted by atomic mass is 19.1. The van der Waals surface area contributed by atoms with Gasteiger partial charge in [-0.15, -0.1) is 0 Å². The molecule has 0 saturated heterocycles. The van der Waals surface area contributed by atoms with Crippen molar-refractivity contribution in [1.29, 1.82) is 0 Å². The van der Waals surface area contributed by atoms with Crippen molar-refractivity contribution in [2.75, 3.05) is 26.8 Å². The van der Waals surface area contributed by atoms with Crippen LogP contribution in [0.3, 0.4) is 0 Å². The first kappa shape index (κ1) is 10.2. The highest BCUT2D eigenvalue weighted by molar-refractivity contribution is 5.14. The average Bonchev–Trinajstić information content (AvgIpc) is 2.17. The summed E-state index contributed by atoms with van der Waals surface area (Å²) in [6, 6.07) is 10.3. The lowest BCUT2D eigenvalue weighted by atomic mass is 10.1. The maximum absolute atomic E-state index is 11.9. The van der Waals surface area contributed by atoms with Crippen molar-refractivity contribution in [2.45, 2.75) is 6.42 Å². The van der Waals surface area contributed by atoms with Crippen LogP contribution in [-0.4, -0.2) is 31.7 Å². The third-order valence-electron chi connectivity index (χ3n) is 2.09. The third kappa shape index (κ3) is 4.04. The minimum absolute atomic E-state index is 0.259. The average molecular weight is 181 g/mol. The Morgan fingerprint density at radius 2 is 1.85 bits per heavy atom. The van der Waals surface area contributed by atoms with Crippen LogP contribution in [0.5, 0.6) is 0 Å². The molecule has 1 nitrogen and oxygen atoms in total. The van der Waals surface area contributed by atoms with Gasteiger partial charge >= 0.3 is 0 Å². The second kappa shape index (κ2) is 5.70. The molecular weight excluding hydrogens is 165 g/mol. The van der Waals surface area contributed by atoms with Crippen molar-refractivity contribution in [1.82, 2.24) is 4.90 Å². The Hall–Kier alpha value is -0.890. The number of nitrogens with zero attached hydrogens (tertiary/aromatic N) is 1. The molecular formula is C11H16FN. The number of rotatable bonds is 5. The maximum atomic E-state index is 11.9. The number of hydrogen-bond donors (Lipinski definition) is 0. The maximum Gasteiger partial charge on any atom is 0.102 e. The van der Waals surface area contributed by atoms with Crippen LogP contribution in [0.15, 0.2) is 30.3 Å². The summed E-state index contributed by atoms with van der Waals surface area (Å²) >= 11 is 0. The molecule has 0 spiro atoms. The van der Waals surface area contributed by atoms with Gasteiger partial charge in [0.1, 0.15) is 6.67 Å². The minimum Gasteiger partial charge on any atom is -0.303 e. The van der Waals surface area contributed by atoms with Crippen LogP contribution in [0.4, 0.5) is 4.39 Å². The van der Waals surface area contributed by atoms with Crippen molar-refractivity contribution in [2.24, 2.45) is 0 Å². The van der Waals surface area contributed by atoms with Crippen molar-refractivity contribution >= 4 is 0 Å². The van der Waals surface area contributed by atoms with Crippen LogP contribution in [0.2, 0.25) is 0 Å². The smallest absolute Gasteiger partial charge is 0.102 e. The molecule has 1 aromatic carbocycles. The zero-order chi connectivity index (χ0) is 9.52. The fourth-order valence-corrected chi connectivity index (χ4v) is 1.22. The first-order chi connectivity index (χ1) is 6.33. The monoisotopic (exact) mass is 181 g/mol. The number of hydrogen-bond acceptors (Lipinski definition) is 1. The fourth-order valence-electron chi connectivity index (χ4n) is 1.22. The summed E-state index contributed by atoms with van der Waals surface area (Å²) in [7, 11) is 1.95. The van der Waals surface area contributed by atoms with Crippen LogP contribution in [-0.2, 0) is 6.42 Å². The molecule has 0 heterocycles. The SMILES string of the molecule is CN(CCF)CCc1ccccc1. The molecule has 0 bridgehead atoms. The molecule has 1 aromatic rings. The molecule has 13 heavy (non-hydrogen) atoms. The Balaban J connectivity index is 2.27. The van der Waals surface area contributed by atoms with E-state index in [2.05, 4.69) is 12.1 Å². The molecule has 1 rings (SSSR count). The lowest BCUT2D eigenvalue weighted by Crippen LogP contribution is -2.23. The molecule has 0 aliphatic rings. The summed E-state index contributed by atoms with van der Waals surface area (Å²) in [6.07, 6.45) is 0.997. The molecule has 0 saturated carbocycles. The highest BCUT2D eigenvalue weighted by Crippen LogP contribution is 2.00. The zero-order valence-electron chi connectivity index (χ0n) is 8.04. The third-order valence-corrected chi connectivity index (χ3v) is 2.09. The van der Waals surface area contributed by atoms with Crippen LogP contribution < -0.4 is 0 Å². The van der Waals surface area contributed by atoms with Crippen molar-refractivity contribution < 1.29 is 4.39 Å². The number of likely N-dealkylation sites (N-methyl/N-ethyl adjacent to an activating group) is 1. The van der Waals surface area contributed by atoms with E-state index in [1.165, 1.54) is 5.56 Å². The first-order valence-corrected chi connectivity index (χ1v) is 4.61. The number of alkyl halides is 1. The van der Waals surface area contributed by atoms with Gasteiger partial charge in [0.25, 0.3) is 0 Å². The van der Waals surface area contributed by atoms with E-state index >= 15 is 0 Å². The molecule has 0 atom stereocenters. The summed E-state index contributed by atoms with van der Waals surface area (Å²) in [5.74, 6) is 0. The summed E-state index contributed by atoms with van der Waals surface area (Å²) in [5, 5.41) is 0. The quantitative estimate of drug-likeness (QED) is 0.672. The van der Waals surface area contributed by atoms with E-state index in [0.29, 0.717) is 6.54 Å². The summed E-state index contributed by atoms with van der Waals surface area (Å²) in [5.41, 5.74) is 1.31. The topological polar surface area (TPSA) is 3.24 Å². The van der Waals surface area contributed by atoms with Gasteiger partial charge in [0, 0.05) is 13.1 Å². The molecule has 0 amide bonds. The molecule has 0 aromatic heterocycles. The molecule has 0 unspecified atom stereocenters. The lowest BCUT2D eigenvalue weighted by molar-refractivity contribution is 0.298. The van der Waals surface area contributed by atoms with Gasteiger partial charge in [-0.1, -0.05) is 30.3 Å². The number of halogens is 1. The van der Waals surface area contributed by atoms with E-state index in [9.17, 15) is 4.39 Å². The second-order valence-corrected chi connectivity index (χ2v) is 3.23. The van der Waals surface area contributed by atoms with E-state index in [4.69, 9.17) is 0 Å². The molecule has 0 aliphatic heterocycles. The largest absolute Gasteiger partial charge is 0.303 e. The van der Waals surface area contributed by atoms with Crippen molar-refractivity contribution in [3.05, 3.63) is 35.9 Å². The Morgan fingerprint density at radius 1 is 1.15 bits per heavy atom. The molecule has 0 aliphatic carbocycles. The van der Waals surface area contributed by atoms with Gasteiger partial charge in [0.15, 0.2) is 0 Å². The summed E-state index contributed by atoms with van der Waals surface area (Å²) in [6.45, 7) is 1.20. The predicted molar refractivity (Wildman–Crippen MR) is 53.6 cm³/mol. The minimum atomic E-state index is -0.259. The van der Waals surface area contributed by atoms with E-state index in [-0.39, 0.29) is 6.67 Å².